The van der Waals surface area contributed by atoms with Crippen molar-refractivity contribution in [2.45, 2.75) is 52.6 Å². The maximum Gasteiger partial charge on any atom is 0.456 e. The second-order valence-electron chi connectivity index (χ2n) is 3.96. The lowest BCUT2D eigenvalue weighted by Gasteiger charge is -2.19. The Bertz CT molecular complexity index is 220. The van der Waals surface area contributed by atoms with Gasteiger partial charge >= 0.3 is 12.1 Å². The molecular weight excluding hydrogens is 230 g/mol. The number of halogens is 2. The van der Waals surface area contributed by atoms with Crippen molar-refractivity contribution in [3.05, 3.63) is 0 Å². The number of esters is 1. The fourth-order valence-electron chi connectivity index (χ4n) is 1.39. The quantitative estimate of drug-likeness (QED) is 0.590. The molecule has 0 amide bonds. The van der Waals surface area contributed by atoms with Gasteiger partial charge in [0, 0.05) is 0 Å². The van der Waals surface area contributed by atoms with Crippen molar-refractivity contribution in [3.8, 4) is 0 Å². The number of alkyl halides is 2. The van der Waals surface area contributed by atoms with E-state index in [1.54, 1.807) is 0 Å². The van der Waals surface area contributed by atoms with E-state index in [2.05, 4.69) is 9.47 Å². The molecule has 0 radical (unpaired) electrons. The van der Waals surface area contributed by atoms with Crippen molar-refractivity contribution in [2.24, 2.45) is 5.92 Å². The van der Waals surface area contributed by atoms with Gasteiger partial charge in [-0.05, 0) is 19.3 Å². The van der Waals surface area contributed by atoms with Crippen LogP contribution in [0.15, 0.2) is 0 Å². The van der Waals surface area contributed by atoms with Gasteiger partial charge in [-0.25, -0.2) is 4.79 Å². The van der Waals surface area contributed by atoms with Crippen LogP contribution in [0.2, 0.25) is 0 Å². The standard InChI is InChI=1S/C12H22F2O3/c1-4-7-8-10(5-2)9-17-12(13,14)11(15)16-6-3/h10H,4-9H2,1-3H3. The minimum absolute atomic E-state index is 0.0650. The summed E-state index contributed by atoms with van der Waals surface area (Å²) in [5.74, 6) is -1.54. The van der Waals surface area contributed by atoms with Crippen LogP contribution in [0.1, 0.15) is 46.5 Å². The van der Waals surface area contributed by atoms with E-state index in [0.717, 1.165) is 25.7 Å². The third-order valence-electron chi connectivity index (χ3n) is 2.56. The first-order valence-electron chi connectivity index (χ1n) is 6.16. The van der Waals surface area contributed by atoms with Gasteiger partial charge in [0.05, 0.1) is 13.2 Å². The molecule has 0 rings (SSSR count). The number of unbranched alkanes of at least 4 members (excludes halogenated alkanes) is 1. The summed E-state index contributed by atoms with van der Waals surface area (Å²) >= 11 is 0. The number of hydrogen-bond donors (Lipinski definition) is 0. The SMILES string of the molecule is CCCCC(CC)COC(F)(F)C(=O)OCC. The highest BCUT2D eigenvalue weighted by atomic mass is 19.3. The van der Waals surface area contributed by atoms with Gasteiger partial charge in [-0.2, -0.15) is 8.78 Å². The lowest BCUT2D eigenvalue weighted by molar-refractivity contribution is -0.253. The van der Waals surface area contributed by atoms with Crippen molar-refractivity contribution in [3.63, 3.8) is 0 Å². The average molecular weight is 252 g/mol. The normalized spacial score (nSPS) is 13.5. The summed E-state index contributed by atoms with van der Waals surface area (Å²) in [7, 11) is 0. The van der Waals surface area contributed by atoms with E-state index in [9.17, 15) is 13.6 Å². The summed E-state index contributed by atoms with van der Waals surface area (Å²) in [6.45, 7) is 5.25. The van der Waals surface area contributed by atoms with Crippen molar-refractivity contribution in [2.75, 3.05) is 13.2 Å². The van der Waals surface area contributed by atoms with Crippen molar-refractivity contribution in [1.29, 1.82) is 0 Å². The van der Waals surface area contributed by atoms with Gasteiger partial charge in [0.1, 0.15) is 0 Å². The monoisotopic (exact) mass is 252 g/mol. The Morgan fingerprint density at radius 2 is 1.94 bits per heavy atom. The van der Waals surface area contributed by atoms with Crippen molar-refractivity contribution < 1.29 is 23.0 Å². The van der Waals surface area contributed by atoms with Crippen LogP contribution in [0.5, 0.6) is 0 Å². The molecule has 0 aromatic carbocycles. The van der Waals surface area contributed by atoms with Crippen LogP contribution in [0.4, 0.5) is 8.78 Å². The van der Waals surface area contributed by atoms with Crippen molar-refractivity contribution >= 4 is 5.97 Å². The lowest BCUT2D eigenvalue weighted by Crippen LogP contribution is -2.35. The summed E-state index contributed by atoms with van der Waals surface area (Å²) in [5, 5.41) is 0. The maximum atomic E-state index is 13.1. The Kier molecular flexibility index (Phi) is 8.04. The molecule has 0 bridgehead atoms. The fraction of sp³-hybridized carbons (Fsp3) is 0.917. The zero-order valence-electron chi connectivity index (χ0n) is 10.8. The Hall–Kier alpha value is -0.710. The van der Waals surface area contributed by atoms with Crippen LogP contribution in [0.3, 0.4) is 0 Å². The van der Waals surface area contributed by atoms with Crippen LogP contribution in [0.25, 0.3) is 0 Å². The number of rotatable bonds is 9. The molecule has 0 heterocycles. The van der Waals surface area contributed by atoms with E-state index in [1.807, 2.05) is 13.8 Å². The molecule has 0 aromatic rings. The number of carbonyl (C=O) groups is 1. The highest BCUT2D eigenvalue weighted by Gasteiger charge is 2.42. The number of ether oxygens (including phenoxy) is 2. The summed E-state index contributed by atoms with van der Waals surface area (Å²) in [5.41, 5.74) is 0. The first-order chi connectivity index (χ1) is 7.97. The van der Waals surface area contributed by atoms with Gasteiger partial charge in [0.25, 0.3) is 0 Å². The molecule has 5 heteroatoms. The molecule has 1 atom stereocenters. The molecule has 3 nitrogen and oxygen atoms in total. The maximum absolute atomic E-state index is 13.1. The zero-order valence-corrected chi connectivity index (χ0v) is 10.8. The summed E-state index contributed by atoms with van der Waals surface area (Å²) in [6, 6.07) is 0. The van der Waals surface area contributed by atoms with Gasteiger partial charge in [0.2, 0.25) is 0 Å². The topological polar surface area (TPSA) is 35.5 Å². The van der Waals surface area contributed by atoms with Crippen molar-refractivity contribution in [1.82, 2.24) is 0 Å². The third-order valence-corrected chi connectivity index (χ3v) is 2.56. The molecule has 0 fully saturated rings. The largest absolute Gasteiger partial charge is 0.460 e. The van der Waals surface area contributed by atoms with Gasteiger partial charge < -0.3 is 9.47 Å². The third kappa shape index (κ3) is 6.56. The molecule has 0 aliphatic carbocycles. The summed E-state index contributed by atoms with van der Waals surface area (Å²) in [4.78, 5) is 10.9. The van der Waals surface area contributed by atoms with E-state index in [-0.39, 0.29) is 19.1 Å². The first-order valence-corrected chi connectivity index (χ1v) is 6.16. The molecule has 0 saturated heterocycles. The van der Waals surface area contributed by atoms with E-state index < -0.39 is 12.1 Å². The Morgan fingerprint density at radius 3 is 2.41 bits per heavy atom. The number of carbonyl (C=O) groups excluding carboxylic acids is 1. The second kappa shape index (κ2) is 8.39. The molecule has 17 heavy (non-hydrogen) atoms. The number of hydrogen-bond acceptors (Lipinski definition) is 3. The van der Waals surface area contributed by atoms with Gasteiger partial charge in [-0.3, -0.25) is 0 Å². The smallest absolute Gasteiger partial charge is 0.456 e. The molecule has 0 saturated carbocycles. The minimum atomic E-state index is -3.82. The van der Waals surface area contributed by atoms with Gasteiger partial charge in [-0.15, -0.1) is 0 Å². The minimum Gasteiger partial charge on any atom is -0.460 e. The van der Waals surface area contributed by atoms with Crippen LogP contribution in [-0.4, -0.2) is 25.3 Å². The predicted molar refractivity (Wildman–Crippen MR) is 60.8 cm³/mol. The highest BCUT2D eigenvalue weighted by molar-refractivity contribution is 5.75. The molecule has 0 spiro atoms. The van der Waals surface area contributed by atoms with Crippen LogP contribution >= 0.6 is 0 Å². The predicted octanol–water partition coefficient (Wildman–Crippen LogP) is 3.38. The highest BCUT2D eigenvalue weighted by Crippen LogP contribution is 2.21. The van der Waals surface area contributed by atoms with E-state index in [1.165, 1.54) is 6.92 Å². The molecule has 0 aromatic heterocycles. The van der Waals surface area contributed by atoms with E-state index in [0.29, 0.717) is 0 Å². The van der Waals surface area contributed by atoms with E-state index >= 15 is 0 Å². The van der Waals surface area contributed by atoms with Crippen LogP contribution < -0.4 is 0 Å². The summed E-state index contributed by atoms with van der Waals surface area (Å²) in [6.07, 6.45) is -0.224. The lowest BCUT2D eigenvalue weighted by atomic mass is 10.0. The molecular formula is C12H22F2O3. The van der Waals surface area contributed by atoms with Gasteiger partial charge in [-0.1, -0.05) is 33.1 Å². The molecule has 0 aliphatic rings. The molecule has 102 valence electrons. The first kappa shape index (κ1) is 16.3. The Balaban J connectivity index is 4.08. The Labute approximate surface area is 101 Å². The fourth-order valence-corrected chi connectivity index (χ4v) is 1.39. The zero-order chi connectivity index (χ0) is 13.3. The molecule has 0 N–H and O–H groups in total. The Morgan fingerprint density at radius 1 is 1.29 bits per heavy atom. The van der Waals surface area contributed by atoms with E-state index in [4.69, 9.17) is 0 Å². The van der Waals surface area contributed by atoms with Gasteiger partial charge in [0.15, 0.2) is 0 Å². The summed E-state index contributed by atoms with van der Waals surface area (Å²) < 4.78 is 34.9. The second-order valence-corrected chi connectivity index (χ2v) is 3.96. The van der Waals surface area contributed by atoms with Crippen LogP contribution in [0, 0.1) is 5.92 Å². The molecule has 0 aliphatic heterocycles. The molecule has 1 unspecified atom stereocenters. The van der Waals surface area contributed by atoms with Crippen LogP contribution in [-0.2, 0) is 14.3 Å². The average Bonchev–Trinajstić information content (AvgIpc) is 2.29.